The fourth-order valence-corrected chi connectivity index (χ4v) is 3.54. The Morgan fingerprint density at radius 3 is 3.00 bits per heavy atom. The molecule has 0 amide bonds. The lowest BCUT2D eigenvalue weighted by Gasteiger charge is -2.34. The Morgan fingerprint density at radius 2 is 2.33 bits per heavy atom. The Bertz CT molecular complexity index is 534. The molecule has 2 N–H and O–H groups in total. The Kier molecular flexibility index (Phi) is 5.03. The van der Waals surface area contributed by atoms with E-state index in [1.807, 2.05) is 17.5 Å². The molecule has 114 valence electrons. The number of morpholine rings is 1. The van der Waals surface area contributed by atoms with Crippen molar-refractivity contribution in [1.82, 2.24) is 20.4 Å². The van der Waals surface area contributed by atoms with E-state index in [9.17, 15) is 0 Å². The van der Waals surface area contributed by atoms with E-state index in [1.54, 1.807) is 0 Å². The first-order valence-electron chi connectivity index (χ1n) is 7.39. The number of ether oxygens (including phenoxy) is 1. The molecule has 1 aliphatic heterocycles. The first-order valence-corrected chi connectivity index (χ1v) is 8.27. The van der Waals surface area contributed by atoms with Crippen molar-refractivity contribution in [1.29, 1.82) is 0 Å². The monoisotopic (exact) mass is 306 g/mol. The van der Waals surface area contributed by atoms with Gasteiger partial charge in [0.15, 0.2) is 0 Å². The second-order valence-electron chi connectivity index (χ2n) is 5.33. The molecule has 1 fully saturated rings. The van der Waals surface area contributed by atoms with Crippen molar-refractivity contribution in [3.63, 3.8) is 0 Å². The number of thiophene rings is 1. The van der Waals surface area contributed by atoms with Crippen LogP contribution in [0.3, 0.4) is 0 Å². The molecule has 0 spiro atoms. The molecular formula is C15H22N4OS. The first-order chi connectivity index (χ1) is 10.3. The van der Waals surface area contributed by atoms with Gasteiger partial charge in [0.25, 0.3) is 0 Å². The predicted octanol–water partition coefficient (Wildman–Crippen LogP) is 1.94. The standard InChI is InChI=1S/C15H22N4OS/c1-12-13(10-17-18-12)9-16-11-14(15-3-2-8-21-15)19-4-6-20-7-5-19/h2-3,8,10,14,16H,4-7,9,11H2,1H3,(H,17,18). The van der Waals surface area contributed by atoms with Gasteiger partial charge in [-0.3, -0.25) is 10.00 Å². The third-order valence-electron chi connectivity index (χ3n) is 3.95. The number of nitrogens with one attached hydrogen (secondary N) is 2. The molecule has 2 aromatic heterocycles. The summed E-state index contributed by atoms with van der Waals surface area (Å²) < 4.78 is 5.48. The Balaban J connectivity index is 1.61. The predicted molar refractivity (Wildman–Crippen MR) is 84.5 cm³/mol. The maximum atomic E-state index is 5.48. The summed E-state index contributed by atoms with van der Waals surface area (Å²) >= 11 is 1.83. The van der Waals surface area contributed by atoms with Crippen LogP contribution in [-0.4, -0.2) is 47.9 Å². The molecule has 0 aromatic carbocycles. The van der Waals surface area contributed by atoms with Gasteiger partial charge in [0.2, 0.25) is 0 Å². The van der Waals surface area contributed by atoms with Crippen LogP contribution in [0.25, 0.3) is 0 Å². The molecule has 2 aromatic rings. The normalized spacial score (nSPS) is 18.0. The van der Waals surface area contributed by atoms with Gasteiger partial charge in [-0.2, -0.15) is 5.10 Å². The van der Waals surface area contributed by atoms with Crippen molar-refractivity contribution in [2.45, 2.75) is 19.5 Å². The van der Waals surface area contributed by atoms with E-state index in [4.69, 9.17) is 4.74 Å². The Morgan fingerprint density at radius 1 is 1.48 bits per heavy atom. The minimum atomic E-state index is 0.432. The highest BCUT2D eigenvalue weighted by Crippen LogP contribution is 2.25. The van der Waals surface area contributed by atoms with Gasteiger partial charge in [0, 0.05) is 42.3 Å². The molecule has 3 rings (SSSR count). The highest BCUT2D eigenvalue weighted by Gasteiger charge is 2.23. The van der Waals surface area contributed by atoms with Crippen LogP contribution in [0.2, 0.25) is 0 Å². The number of nitrogens with zero attached hydrogens (tertiary/aromatic N) is 2. The zero-order valence-electron chi connectivity index (χ0n) is 12.3. The van der Waals surface area contributed by atoms with E-state index in [-0.39, 0.29) is 0 Å². The first kappa shape index (κ1) is 14.7. The van der Waals surface area contributed by atoms with Gasteiger partial charge in [0.05, 0.1) is 25.5 Å². The van der Waals surface area contributed by atoms with E-state index in [0.29, 0.717) is 6.04 Å². The molecule has 1 aliphatic rings. The summed E-state index contributed by atoms with van der Waals surface area (Å²) in [7, 11) is 0. The second-order valence-corrected chi connectivity index (χ2v) is 6.31. The maximum absolute atomic E-state index is 5.48. The van der Waals surface area contributed by atoms with Gasteiger partial charge in [-0.25, -0.2) is 0 Å². The van der Waals surface area contributed by atoms with Crippen molar-refractivity contribution in [3.8, 4) is 0 Å². The molecule has 6 heteroatoms. The van der Waals surface area contributed by atoms with Crippen LogP contribution in [0.5, 0.6) is 0 Å². The smallest absolute Gasteiger partial charge is 0.0594 e. The van der Waals surface area contributed by atoms with Gasteiger partial charge < -0.3 is 10.1 Å². The zero-order valence-corrected chi connectivity index (χ0v) is 13.2. The summed E-state index contributed by atoms with van der Waals surface area (Å²) in [5.41, 5.74) is 2.38. The SMILES string of the molecule is Cc1[nH]ncc1CNCC(c1cccs1)N1CCOCC1. The van der Waals surface area contributed by atoms with Crippen molar-refractivity contribution in [2.24, 2.45) is 0 Å². The van der Waals surface area contributed by atoms with E-state index in [2.05, 4.69) is 44.9 Å². The van der Waals surface area contributed by atoms with Crippen LogP contribution in [-0.2, 0) is 11.3 Å². The van der Waals surface area contributed by atoms with Crippen LogP contribution in [0, 0.1) is 6.92 Å². The van der Waals surface area contributed by atoms with Crippen LogP contribution < -0.4 is 5.32 Å². The van der Waals surface area contributed by atoms with Crippen molar-refractivity contribution >= 4 is 11.3 Å². The largest absolute Gasteiger partial charge is 0.379 e. The molecule has 1 unspecified atom stereocenters. The van der Waals surface area contributed by atoms with Crippen LogP contribution in [0.4, 0.5) is 0 Å². The Labute approximate surface area is 129 Å². The lowest BCUT2D eigenvalue weighted by molar-refractivity contribution is 0.0168. The number of hydrogen-bond donors (Lipinski definition) is 2. The number of aromatic amines is 1. The summed E-state index contributed by atoms with van der Waals surface area (Å²) in [6.45, 7) is 7.55. The molecule has 21 heavy (non-hydrogen) atoms. The van der Waals surface area contributed by atoms with Crippen LogP contribution >= 0.6 is 11.3 Å². The topological polar surface area (TPSA) is 53.2 Å². The van der Waals surface area contributed by atoms with Crippen LogP contribution in [0.1, 0.15) is 22.2 Å². The Hall–Kier alpha value is -1.21. The van der Waals surface area contributed by atoms with E-state index < -0.39 is 0 Å². The summed E-state index contributed by atoms with van der Waals surface area (Å²) in [5.74, 6) is 0. The van der Waals surface area contributed by atoms with E-state index in [1.165, 1.54) is 10.4 Å². The lowest BCUT2D eigenvalue weighted by Crippen LogP contribution is -2.42. The minimum absolute atomic E-state index is 0.432. The van der Waals surface area contributed by atoms with Gasteiger partial charge >= 0.3 is 0 Å². The average Bonchev–Trinajstić information content (AvgIpc) is 3.17. The summed E-state index contributed by atoms with van der Waals surface area (Å²) in [4.78, 5) is 3.94. The molecule has 0 aliphatic carbocycles. The quantitative estimate of drug-likeness (QED) is 0.856. The van der Waals surface area contributed by atoms with E-state index in [0.717, 1.165) is 45.1 Å². The number of rotatable bonds is 6. The number of hydrogen-bond acceptors (Lipinski definition) is 5. The molecule has 3 heterocycles. The second kappa shape index (κ2) is 7.17. The van der Waals surface area contributed by atoms with Gasteiger partial charge in [-0.15, -0.1) is 11.3 Å². The van der Waals surface area contributed by atoms with Crippen molar-refractivity contribution in [3.05, 3.63) is 39.8 Å². The molecule has 1 atom stereocenters. The fourth-order valence-electron chi connectivity index (χ4n) is 2.68. The number of H-pyrrole nitrogens is 1. The summed E-state index contributed by atoms with van der Waals surface area (Å²) in [6, 6.07) is 4.80. The van der Waals surface area contributed by atoms with Gasteiger partial charge in [0.1, 0.15) is 0 Å². The molecule has 0 radical (unpaired) electrons. The lowest BCUT2D eigenvalue weighted by atomic mass is 10.1. The fraction of sp³-hybridized carbons (Fsp3) is 0.533. The summed E-state index contributed by atoms with van der Waals surface area (Å²) in [6.07, 6.45) is 1.90. The van der Waals surface area contributed by atoms with Crippen LogP contribution in [0.15, 0.2) is 23.7 Å². The third kappa shape index (κ3) is 3.71. The number of aryl methyl sites for hydroxylation is 1. The van der Waals surface area contributed by atoms with Gasteiger partial charge in [-0.05, 0) is 18.4 Å². The molecular weight excluding hydrogens is 284 g/mol. The minimum Gasteiger partial charge on any atom is -0.379 e. The molecule has 0 saturated carbocycles. The summed E-state index contributed by atoms with van der Waals surface area (Å²) in [5, 5.41) is 12.8. The molecule has 0 bridgehead atoms. The zero-order chi connectivity index (χ0) is 14.5. The highest BCUT2D eigenvalue weighted by molar-refractivity contribution is 7.10. The number of aromatic nitrogens is 2. The molecule has 5 nitrogen and oxygen atoms in total. The average molecular weight is 306 g/mol. The van der Waals surface area contributed by atoms with Crippen molar-refractivity contribution < 1.29 is 4.74 Å². The third-order valence-corrected chi connectivity index (χ3v) is 4.92. The maximum Gasteiger partial charge on any atom is 0.0594 e. The highest BCUT2D eigenvalue weighted by atomic mass is 32.1. The van der Waals surface area contributed by atoms with Crippen molar-refractivity contribution in [2.75, 3.05) is 32.8 Å². The molecule has 1 saturated heterocycles. The van der Waals surface area contributed by atoms with Gasteiger partial charge in [-0.1, -0.05) is 6.07 Å². The van der Waals surface area contributed by atoms with E-state index >= 15 is 0 Å².